The zero-order valence-corrected chi connectivity index (χ0v) is 10.8. The summed E-state index contributed by atoms with van der Waals surface area (Å²) in [5.41, 5.74) is 0.855. The molecule has 0 saturated heterocycles. The number of hydrogen-bond acceptors (Lipinski definition) is 5. The third-order valence-electron chi connectivity index (χ3n) is 2.36. The van der Waals surface area contributed by atoms with E-state index in [0.717, 1.165) is 0 Å². The Morgan fingerprint density at radius 1 is 1.37 bits per heavy atom. The van der Waals surface area contributed by atoms with Gasteiger partial charge in [0.1, 0.15) is 6.07 Å². The van der Waals surface area contributed by atoms with E-state index in [-0.39, 0.29) is 19.0 Å². The van der Waals surface area contributed by atoms with Gasteiger partial charge in [0.2, 0.25) is 5.91 Å². The molecule has 6 nitrogen and oxygen atoms in total. The Balaban J connectivity index is 2.56. The highest BCUT2D eigenvalue weighted by atomic mass is 16.5. The van der Waals surface area contributed by atoms with E-state index in [9.17, 15) is 9.59 Å². The molecule has 1 rings (SSSR count). The number of nitrogens with one attached hydrogen (secondary N) is 1. The van der Waals surface area contributed by atoms with Gasteiger partial charge in [-0.1, -0.05) is 12.1 Å². The molecule has 1 amide bonds. The van der Waals surface area contributed by atoms with Crippen LogP contribution in [0.25, 0.3) is 0 Å². The molecule has 0 aliphatic heterocycles. The summed E-state index contributed by atoms with van der Waals surface area (Å²) in [5, 5.41) is 11.5. The van der Waals surface area contributed by atoms with Gasteiger partial charge in [0.15, 0.2) is 0 Å². The van der Waals surface area contributed by atoms with Crippen molar-refractivity contribution in [1.82, 2.24) is 4.90 Å². The Morgan fingerprint density at radius 2 is 2.05 bits per heavy atom. The number of carbonyl (C=O) groups excluding carboxylic acids is 2. The average molecular weight is 261 g/mol. The number of methoxy groups -OCH3 is 1. The maximum atomic E-state index is 11.7. The smallest absolute Gasteiger partial charge is 0.319 e. The lowest BCUT2D eigenvalue weighted by atomic mass is 10.2. The minimum absolute atomic E-state index is 0.0316. The standard InChI is InChI=1S/C13H15N3O3/c1-16(9-13(18)19-2)8-12(17)15-11-6-4-3-5-10(11)7-14/h3-6H,8-9H2,1-2H3,(H,15,17). The van der Waals surface area contributed by atoms with E-state index in [2.05, 4.69) is 10.1 Å². The lowest BCUT2D eigenvalue weighted by Crippen LogP contribution is -2.34. The average Bonchev–Trinajstić information content (AvgIpc) is 2.38. The van der Waals surface area contributed by atoms with Gasteiger partial charge in [-0.25, -0.2) is 0 Å². The molecule has 0 unspecified atom stereocenters. The predicted octanol–water partition coefficient (Wildman–Crippen LogP) is 0.602. The van der Waals surface area contributed by atoms with Crippen LogP contribution in [0.3, 0.4) is 0 Å². The number of amides is 1. The van der Waals surface area contributed by atoms with E-state index in [1.54, 1.807) is 31.3 Å². The Labute approximate surface area is 111 Å². The molecule has 0 spiro atoms. The normalized spacial score (nSPS) is 9.79. The third kappa shape index (κ3) is 4.77. The lowest BCUT2D eigenvalue weighted by molar-refractivity contribution is -0.141. The zero-order chi connectivity index (χ0) is 14.3. The minimum atomic E-state index is -0.410. The maximum absolute atomic E-state index is 11.7. The molecule has 0 aliphatic rings. The van der Waals surface area contributed by atoms with Crippen LogP contribution in [-0.4, -0.2) is 44.0 Å². The Kier molecular flexibility index (Phi) is 5.51. The number of ether oxygens (including phenoxy) is 1. The number of para-hydroxylation sites is 1. The number of benzene rings is 1. The Hall–Kier alpha value is -2.39. The largest absolute Gasteiger partial charge is 0.468 e. The highest BCUT2D eigenvalue weighted by molar-refractivity contribution is 5.93. The molecule has 6 heteroatoms. The van der Waals surface area contributed by atoms with Gasteiger partial charge < -0.3 is 10.1 Å². The number of rotatable bonds is 5. The van der Waals surface area contributed by atoms with Gasteiger partial charge in [-0.05, 0) is 19.2 Å². The van der Waals surface area contributed by atoms with Crippen molar-refractivity contribution < 1.29 is 14.3 Å². The van der Waals surface area contributed by atoms with E-state index < -0.39 is 5.97 Å². The summed E-state index contributed by atoms with van der Waals surface area (Å²) in [7, 11) is 2.92. The SMILES string of the molecule is COC(=O)CN(C)CC(=O)Nc1ccccc1C#N. The lowest BCUT2D eigenvalue weighted by Gasteiger charge is -2.15. The highest BCUT2D eigenvalue weighted by Crippen LogP contribution is 2.13. The summed E-state index contributed by atoms with van der Waals surface area (Å²) in [6.45, 7) is 0.0681. The quantitative estimate of drug-likeness (QED) is 0.785. The fraction of sp³-hybridized carbons (Fsp3) is 0.308. The topological polar surface area (TPSA) is 82.4 Å². The first-order chi connectivity index (χ1) is 9.06. The van der Waals surface area contributed by atoms with Crippen molar-refractivity contribution in [1.29, 1.82) is 5.26 Å². The predicted molar refractivity (Wildman–Crippen MR) is 69.3 cm³/mol. The Bertz CT molecular complexity index is 508. The maximum Gasteiger partial charge on any atom is 0.319 e. The molecule has 0 aliphatic carbocycles. The molecule has 1 N–H and O–H groups in total. The molecule has 0 saturated carbocycles. The Morgan fingerprint density at radius 3 is 2.68 bits per heavy atom. The van der Waals surface area contributed by atoms with Crippen LogP contribution < -0.4 is 5.32 Å². The molecule has 1 aromatic carbocycles. The second kappa shape index (κ2) is 7.13. The molecule has 0 radical (unpaired) electrons. The van der Waals surface area contributed by atoms with Crippen LogP contribution in [0.5, 0.6) is 0 Å². The van der Waals surface area contributed by atoms with Crippen LogP contribution in [0, 0.1) is 11.3 Å². The molecule has 19 heavy (non-hydrogen) atoms. The van der Waals surface area contributed by atoms with Gasteiger partial charge in [0.25, 0.3) is 0 Å². The van der Waals surface area contributed by atoms with Crippen molar-refractivity contribution in [2.45, 2.75) is 0 Å². The van der Waals surface area contributed by atoms with Crippen molar-refractivity contribution in [3.63, 3.8) is 0 Å². The van der Waals surface area contributed by atoms with E-state index in [1.807, 2.05) is 6.07 Å². The number of esters is 1. The van der Waals surface area contributed by atoms with Crippen LogP contribution in [0.1, 0.15) is 5.56 Å². The van der Waals surface area contributed by atoms with Gasteiger partial charge in [-0.15, -0.1) is 0 Å². The van der Waals surface area contributed by atoms with E-state index in [0.29, 0.717) is 11.3 Å². The second-order valence-corrected chi connectivity index (χ2v) is 3.95. The summed E-state index contributed by atoms with van der Waals surface area (Å²) in [6.07, 6.45) is 0. The molecule has 0 bridgehead atoms. The molecule has 0 aromatic heterocycles. The van der Waals surface area contributed by atoms with Gasteiger partial charge in [-0.2, -0.15) is 5.26 Å². The highest BCUT2D eigenvalue weighted by Gasteiger charge is 2.12. The van der Waals surface area contributed by atoms with E-state index in [1.165, 1.54) is 12.0 Å². The molecule has 0 atom stereocenters. The van der Waals surface area contributed by atoms with Crippen LogP contribution >= 0.6 is 0 Å². The van der Waals surface area contributed by atoms with Crippen molar-refractivity contribution in [3.05, 3.63) is 29.8 Å². The van der Waals surface area contributed by atoms with Crippen molar-refractivity contribution in [2.75, 3.05) is 32.6 Å². The summed E-state index contributed by atoms with van der Waals surface area (Å²) in [6, 6.07) is 8.71. The van der Waals surface area contributed by atoms with Crippen LogP contribution in [-0.2, 0) is 14.3 Å². The first kappa shape index (κ1) is 14.7. The fourth-order valence-corrected chi connectivity index (χ4v) is 1.47. The number of nitrogens with zero attached hydrogens (tertiary/aromatic N) is 2. The van der Waals surface area contributed by atoms with Gasteiger partial charge >= 0.3 is 5.97 Å². The van der Waals surface area contributed by atoms with Gasteiger partial charge in [-0.3, -0.25) is 14.5 Å². The van der Waals surface area contributed by atoms with E-state index >= 15 is 0 Å². The zero-order valence-electron chi connectivity index (χ0n) is 10.8. The monoisotopic (exact) mass is 261 g/mol. The van der Waals surface area contributed by atoms with Crippen LogP contribution in [0.4, 0.5) is 5.69 Å². The minimum Gasteiger partial charge on any atom is -0.468 e. The van der Waals surface area contributed by atoms with Crippen molar-refractivity contribution in [3.8, 4) is 6.07 Å². The van der Waals surface area contributed by atoms with Crippen molar-refractivity contribution in [2.24, 2.45) is 0 Å². The number of anilines is 1. The summed E-state index contributed by atoms with van der Waals surface area (Å²) >= 11 is 0. The molecule has 0 fully saturated rings. The molecular weight excluding hydrogens is 246 g/mol. The van der Waals surface area contributed by atoms with Gasteiger partial charge in [0, 0.05) is 0 Å². The number of likely N-dealkylation sites (N-methyl/N-ethyl adjacent to an activating group) is 1. The summed E-state index contributed by atoms with van der Waals surface area (Å²) < 4.78 is 4.50. The first-order valence-electron chi connectivity index (χ1n) is 5.61. The molecule has 0 heterocycles. The molecular formula is C13H15N3O3. The van der Waals surface area contributed by atoms with E-state index in [4.69, 9.17) is 5.26 Å². The fourth-order valence-electron chi connectivity index (χ4n) is 1.47. The number of nitriles is 1. The summed E-state index contributed by atoms with van der Waals surface area (Å²) in [4.78, 5) is 24.3. The van der Waals surface area contributed by atoms with Crippen LogP contribution in [0.15, 0.2) is 24.3 Å². The first-order valence-corrected chi connectivity index (χ1v) is 5.61. The summed E-state index contributed by atoms with van der Waals surface area (Å²) in [5.74, 6) is -0.707. The number of carbonyl (C=O) groups is 2. The van der Waals surface area contributed by atoms with Gasteiger partial charge in [0.05, 0.1) is 31.5 Å². The van der Waals surface area contributed by atoms with Crippen molar-refractivity contribution >= 4 is 17.6 Å². The second-order valence-electron chi connectivity index (χ2n) is 3.95. The molecule has 100 valence electrons. The third-order valence-corrected chi connectivity index (χ3v) is 2.36. The number of hydrogen-bond donors (Lipinski definition) is 1. The molecule has 1 aromatic rings. The van der Waals surface area contributed by atoms with Crippen LogP contribution in [0.2, 0.25) is 0 Å².